The molecule has 1 N–H and O–H groups in total. The van der Waals surface area contributed by atoms with Crippen LogP contribution in [0.5, 0.6) is 5.75 Å². The Hall–Kier alpha value is -3.22. The number of benzene rings is 2. The maximum atomic E-state index is 12.9. The molecule has 0 heterocycles. The second-order valence-electron chi connectivity index (χ2n) is 8.34. The molecular formula is C23H26N2O5. The van der Waals surface area contributed by atoms with Gasteiger partial charge < -0.3 is 10.1 Å². The van der Waals surface area contributed by atoms with Gasteiger partial charge in [-0.25, -0.2) is 0 Å². The van der Waals surface area contributed by atoms with Crippen LogP contribution >= 0.6 is 0 Å². The summed E-state index contributed by atoms with van der Waals surface area (Å²) in [6.45, 7) is 8.35. The summed E-state index contributed by atoms with van der Waals surface area (Å²) in [5.41, 5.74) is 3.37. The highest BCUT2D eigenvalue weighted by molar-refractivity contribution is 6.09. The first-order valence-electron chi connectivity index (χ1n) is 9.95. The minimum Gasteiger partial charge on any atom is -0.493 e. The molecule has 2 aromatic carbocycles. The Kier molecular flexibility index (Phi) is 5.92. The van der Waals surface area contributed by atoms with E-state index >= 15 is 0 Å². The lowest BCUT2D eigenvalue weighted by atomic mass is 9.88. The number of carbonyl (C=O) groups excluding carboxylic acids is 2. The normalized spacial score (nSPS) is 14.3. The first kappa shape index (κ1) is 21.5. The van der Waals surface area contributed by atoms with E-state index in [-0.39, 0.29) is 17.4 Å². The van der Waals surface area contributed by atoms with Gasteiger partial charge in [0.05, 0.1) is 17.6 Å². The van der Waals surface area contributed by atoms with Crippen LogP contribution in [0, 0.1) is 29.4 Å². The molecular weight excluding hydrogens is 384 g/mol. The molecule has 0 radical (unpaired) electrons. The molecule has 0 aromatic heterocycles. The number of hydrogen-bond acceptors (Lipinski definition) is 5. The molecule has 0 unspecified atom stereocenters. The van der Waals surface area contributed by atoms with E-state index in [4.69, 9.17) is 4.74 Å². The Morgan fingerprint density at radius 3 is 2.67 bits per heavy atom. The number of ether oxygens (including phenoxy) is 1. The fourth-order valence-corrected chi connectivity index (χ4v) is 3.98. The van der Waals surface area contributed by atoms with Gasteiger partial charge in [-0.05, 0) is 49.4 Å². The summed E-state index contributed by atoms with van der Waals surface area (Å²) in [5, 5.41) is 13.7. The van der Waals surface area contributed by atoms with E-state index in [9.17, 15) is 19.7 Å². The van der Waals surface area contributed by atoms with Crippen LogP contribution in [-0.2, 0) is 6.42 Å². The van der Waals surface area contributed by atoms with E-state index in [0.717, 1.165) is 16.7 Å². The number of ketones is 1. The molecule has 1 aliphatic rings. The van der Waals surface area contributed by atoms with E-state index in [1.165, 1.54) is 12.1 Å². The van der Waals surface area contributed by atoms with Crippen molar-refractivity contribution in [1.82, 2.24) is 5.32 Å². The number of nitro benzene ring substituents is 1. The monoisotopic (exact) mass is 410 g/mol. The molecule has 7 heteroatoms. The van der Waals surface area contributed by atoms with E-state index < -0.39 is 10.3 Å². The Morgan fingerprint density at radius 1 is 1.23 bits per heavy atom. The molecule has 30 heavy (non-hydrogen) atoms. The molecule has 158 valence electrons. The number of non-ortho nitro benzene ring substituents is 1. The van der Waals surface area contributed by atoms with Crippen molar-refractivity contribution >= 4 is 17.4 Å². The van der Waals surface area contributed by atoms with E-state index in [1.807, 2.05) is 33.8 Å². The summed E-state index contributed by atoms with van der Waals surface area (Å²) < 4.78 is 5.54. The standard InChI is InChI=1S/C23H26N2O5/c1-14-11-15(2)20(18-13-23(3,4)21(26)19(14)18)22(27)24-9-6-10-30-17-8-5-7-16(12-17)25(28)29/h5,7-8,11-12H,6,9-10,13H2,1-4H3,(H,24,27). The van der Waals surface area contributed by atoms with Crippen molar-refractivity contribution in [3.05, 3.63) is 68.3 Å². The van der Waals surface area contributed by atoms with Crippen molar-refractivity contribution in [1.29, 1.82) is 0 Å². The number of nitro groups is 1. The second-order valence-corrected chi connectivity index (χ2v) is 8.34. The van der Waals surface area contributed by atoms with E-state index in [1.54, 1.807) is 12.1 Å². The molecule has 0 saturated carbocycles. The molecule has 0 saturated heterocycles. The third-order valence-corrected chi connectivity index (χ3v) is 5.42. The minimum absolute atomic E-state index is 0.0259. The number of aryl methyl sites for hydroxylation is 2. The summed E-state index contributed by atoms with van der Waals surface area (Å²) in [7, 11) is 0. The maximum absolute atomic E-state index is 12.9. The van der Waals surface area contributed by atoms with Gasteiger partial charge in [-0.15, -0.1) is 0 Å². The van der Waals surface area contributed by atoms with E-state index in [2.05, 4.69) is 5.32 Å². The quantitative estimate of drug-likeness (QED) is 0.419. The zero-order valence-corrected chi connectivity index (χ0v) is 17.7. The molecule has 0 aliphatic heterocycles. The lowest BCUT2D eigenvalue weighted by Crippen LogP contribution is -2.27. The SMILES string of the molecule is Cc1cc(C)c2c(c1C(=O)NCCCOc1cccc([N+](=O)[O-])c1)CC(C)(C)C2=O. The molecule has 2 aromatic rings. The lowest BCUT2D eigenvalue weighted by molar-refractivity contribution is -0.384. The highest BCUT2D eigenvalue weighted by atomic mass is 16.6. The molecule has 0 atom stereocenters. The molecule has 0 fully saturated rings. The van der Waals surface area contributed by atoms with Gasteiger partial charge in [0.1, 0.15) is 5.75 Å². The minimum atomic E-state index is -0.498. The number of Topliss-reactive ketones (excluding diaryl/α,β-unsaturated/α-hetero) is 1. The average Bonchev–Trinajstić information content (AvgIpc) is 2.91. The van der Waals surface area contributed by atoms with Gasteiger partial charge in [-0.2, -0.15) is 0 Å². The van der Waals surface area contributed by atoms with Crippen LogP contribution in [0.3, 0.4) is 0 Å². The number of fused-ring (bicyclic) bond motifs is 1. The topological polar surface area (TPSA) is 98.5 Å². The predicted molar refractivity (Wildman–Crippen MR) is 113 cm³/mol. The number of carbonyl (C=O) groups is 2. The first-order chi connectivity index (χ1) is 14.1. The smallest absolute Gasteiger partial charge is 0.273 e. The van der Waals surface area contributed by atoms with Gasteiger partial charge in [0, 0.05) is 29.2 Å². The fraction of sp³-hybridized carbons (Fsp3) is 0.391. The third kappa shape index (κ3) is 4.20. The van der Waals surface area contributed by atoms with Crippen LogP contribution in [0.25, 0.3) is 0 Å². The summed E-state index contributed by atoms with van der Waals surface area (Å²) in [5.74, 6) is 0.322. The highest BCUT2D eigenvalue weighted by Gasteiger charge is 2.41. The van der Waals surface area contributed by atoms with Crippen LogP contribution in [0.2, 0.25) is 0 Å². The number of rotatable bonds is 7. The molecule has 1 aliphatic carbocycles. The molecule has 0 bridgehead atoms. The fourth-order valence-electron chi connectivity index (χ4n) is 3.98. The van der Waals surface area contributed by atoms with Gasteiger partial charge in [-0.3, -0.25) is 19.7 Å². The summed E-state index contributed by atoms with van der Waals surface area (Å²) in [6, 6.07) is 7.90. The van der Waals surface area contributed by atoms with Crippen molar-refractivity contribution < 1.29 is 19.2 Å². The van der Waals surface area contributed by atoms with Gasteiger partial charge in [0.2, 0.25) is 0 Å². The lowest BCUT2D eigenvalue weighted by Gasteiger charge is -2.15. The highest BCUT2D eigenvalue weighted by Crippen LogP contribution is 2.40. The zero-order chi connectivity index (χ0) is 22.1. The summed E-state index contributed by atoms with van der Waals surface area (Å²) in [6.07, 6.45) is 1.11. The molecule has 1 amide bonds. The maximum Gasteiger partial charge on any atom is 0.273 e. The largest absolute Gasteiger partial charge is 0.493 e. The van der Waals surface area contributed by atoms with Crippen molar-refractivity contribution in [2.75, 3.05) is 13.2 Å². The van der Waals surface area contributed by atoms with Gasteiger partial charge in [0.25, 0.3) is 11.6 Å². The van der Waals surface area contributed by atoms with Crippen molar-refractivity contribution in [3.63, 3.8) is 0 Å². The molecule has 7 nitrogen and oxygen atoms in total. The van der Waals surface area contributed by atoms with Gasteiger partial charge in [0.15, 0.2) is 5.78 Å². The summed E-state index contributed by atoms with van der Waals surface area (Å²) in [4.78, 5) is 35.9. The summed E-state index contributed by atoms with van der Waals surface area (Å²) >= 11 is 0. The number of hydrogen-bond donors (Lipinski definition) is 1. The van der Waals surface area contributed by atoms with Crippen LogP contribution in [0.4, 0.5) is 5.69 Å². The average molecular weight is 410 g/mol. The van der Waals surface area contributed by atoms with Crippen LogP contribution in [-0.4, -0.2) is 29.8 Å². The Morgan fingerprint density at radius 2 is 1.97 bits per heavy atom. The van der Waals surface area contributed by atoms with Crippen molar-refractivity contribution in [3.8, 4) is 5.75 Å². The second kappa shape index (κ2) is 8.26. The van der Waals surface area contributed by atoms with Crippen molar-refractivity contribution in [2.45, 2.75) is 40.5 Å². The Bertz CT molecular complexity index is 1030. The van der Waals surface area contributed by atoms with Gasteiger partial charge in [-0.1, -0.05) is 26.0 Å². The van der Waals surface area contributed by atoms with Gasteiger partial charge >= 0.3 is 0 Å². The zero-order valence-electron chi connectivity index (χ0n) is 17.7. The molecule has 0 spiro atoms. The Labute approximate surface area is 175 Å². The first-order valence-corrected chi connectivity index (χ1v) is 9.95. The van der Waals surface area contributed by atoms with E-state index in [0.29, 0.717) is 42.9 Å². The third-order valence-electron chi connectivity index (χ3n) is 5.42. The molecule has 3 rings (SSSR count). The Balaban J connectivity index is 1.61. The number of amides is 1. The van der Waals surface area contributed by atoms with Crippen LogP contribution < -0.4 is 10.1 Å². The van der Waals surface area contributed by atoms with Crippen LogP contribution in [0.1, 0.15) is 57.7 Å². The predicted octanol–water partition coefficient (Wildman–Crippen LogP) is 4.18. The van der Waals surface area contributed by atoms with Crippen LogP contribution in [0.15, 0.2) is 30.3 Å². The number of nitrogens with zero attached hydrogens (tertiary/aromatic N) is 1. The number of nitrogens with one attached hydrogen (secondary N) is 1. The van der Waals surface area contributed by atoms with Crippen molar-refractivity contribution in [2.24, 2.45) is 5.41 Å².